The summed E-state index contributed by atoms with van der Waals surface area (Å²) in [5, 5.41) is 10.6. The summed E-state index contributed by atoms with van der Waals surface area (Å²) in [6, 6.07) is 3.54. The molecule has 1 aliphatic heterocycles. The molecule has 11 heteroatoms. The van der Waals surface area contributed by atoms with Crippen LogP contribution in [0.1, 0.15) is 36.7 Å². The summed E-state index contributed by atoms with van der Waals surface area (Å²) < 4.78 is 7.15. The Labute approximate surface area is 197 Å². The molecule has 0 radical (unpaired) electrons. The summed E-state index contributed by atoms with van der Waals surface area (Å²) in [7, 11) is 1.75. The first-order valence-electron chi connectivity index (χ1n) is 11.6. The molecule has 2 aliphatic rings. The number of carbonyl (C=O) groups excluding carboxylic acids is 2. The lowest BCUT2D eigenvalue weighted by molar-refractivity contribution is 0.102. The van der Waals surface area contributed by atoms with E-state index in [-0.39, 0.29) is 11.7 Å². The van der Waals surface area contributed by atoms with E-state index >= 15 is 0 Å². The highest BCUT2D eigenvalue weighted by atomic mass is 16.3. The maximum absolute atomic E-state index is 12.9. The summed E-state index contributed by atoms with van der Waals surface area (Å²) in [5.74, 6) is 1.79. The number of nitrogens with zero attached hydrogens (tertiary/aromatic N) is 6. The number of pyridine rings is 1. The second-order valence-corrected chi connectivity index (χ2v) is 8.71. The van der Waals surface area contributed by atoms with Gasteiger partial charge >= 0.3 is 6.03 Å². The van der Waals surface area contributed by atoms with Crippen molar-refractivity contribution < 1.29 is 14.0 Å². The molecule has 0 bridgehead atoms. The number of amides is 3. The number of oxazole rings is 1. The van der Waals surface area contributed by atoms with Crippen molar-refractivity contribution in [1.29, 1.82) is 0 Å². The van der Waals surface area contributed by atoms with Gasteiger partial charge in [-0.15, -0.1) is 0 Å². The van der Waals surface area contributed by atoms with E-state index in [2.05, 4.69) is 25.7 Å². The fourth-order valence-electron chi connectivity index (χ4n) is 3.95. The molecule has 11 nitrogen and oxygen atoms in total. The van der Waals surface area contributed by atoms with Crippen molar-refractivity contribution in [3.05, 3.63) is 36.5 Å². The van der Waals surface area contributed by atoms with Crippen LogP contribution >= 0.6 is 0 Å². The molecule has 5 rings (SSSR count). The fraction of sp³-hybridized carbons (Fsp3) is 0.435. The number of carbonyl (C=O) groups is 2. The second kappa shape index (κ2) is 9.16. The highest BCUT2D eigenvalue weighted by Crippen LogP contribution is 2.30. The van der Waals surface area contributed by atoms with Crippen LogP contribution in [0.4, 0.5) is 22.1 Å². The van der Waals surface area contributed by atoms with Gasteiger partial charge in [0.05, 0.1) is 6.20 Å². The smallest absolute Gasteiger partial charge is 0.325 e. The van der Waals surface area contributed by atoms with Crippen molar-refractivity contribution in [2.24, 2.45) is 13.0 Å². The maximum atomic E-state index is 12.9. The van der Waals surface area contributed by atoms with E-state index in [9.17, 15) is 9.59 Å². The molecule has 0 aromatic carbocycles. The number of aromatic nitrogens is 4. The van der Waals surface area contributed by atoms with Crippen LogP contribution < -0.4 is 15.5 Å². The molecule has 2 fully saturated rings. The van der Waals surface area contributed by atoms with Crippen LogP contribution in [-0.4, -0.2) is 62.8 Å². The third kappa shape index (κ3) is 4.59. The van der Waals surface area contributed by atoms with Gasteiger partial charge in [-0.25, -0.2) is 14.8 Å². The minimum absolute atomic E-state index is 0.108. The van der Waals surface area contributed by atoms with E-state index in [1.807, 2.05) is 13.0 Å². The molecule has 3 aromatic heterocycles. The highest BCUT2D eigenvalue weighted by Gasteiger charge is 2.32. The van der Waals surface area contributed by atoms with Gasteiger partial charge in [0.15, 0.2) is 11.5 Å². The number of nitrogens with one attached hydrogen (secondary N) is 2. The van der Waals surface area contributed by atoms with Gasteiger partial charge in [0, 0.05) is 45.0 Å². The molecule has 4 heterocycles. The first kappa shape index (κ1) is 21.9. The minimum Gasteiger partial charge on any atom is -0.444 e. The summed E-state index contributed by atoms with van der Waals surface area (Å²) in [6.45, 7) is 4.78. The third-order valence-corrected chi connectivity index (χ3v) is 5.91. The lowest BCUT2D eigenvalue weighted by atomic mass is 10.2. The van der Waals surface area contributed by atoms with Gasteiger partial charge < -0.3 is 20.0 Å². The molecule has 0 unspecified atom stereocenters. The predicted molar refractivity (Wildman–Crippen MR) is 127 cm³/mol. The molecule has 1 aliphatic carbocycles. The average molecular weight is 465 g/mol. The van der Waals surface area contributed by atoms with Gasteiger partial charge in [-0.2, -0.15) is 5.10 Å². The summed E-state index contributed by atoms with van der Waals surface area (Å²) in [4.78, 5) is 37.7. The van der Waals surface area contributed by atoms with E-state index in [4.69, 9.17) is 4.42 Å². The van der Waals surface area contributed by atoms with Crippen LogP contribution in [-0.2, 0) is 7.05 Å². The highest BCUT2D eigenvalue weighted by molar-refractivity contribution is 6.06. The Hall–Kier alpha value is -3.89. The third-order valence-electron chi connectivity index (χ3n) is 5.91. The van der Waals surface area contributed by atoms with Gasteiger partial charge in [-0.1, -0.05) is 6.92 Å². The molecular formula is C23H28N8O3. The van der Waals surface area contributed by atoms with Crippen LogP contribution in [0.3, 0.4) is 0 Å². The molecule has 0 spiro atoms. The Balaban J connectivity index is 1.29. The number of urea groups is 1. The summed E-state index contributed by atoms with van der Waals surface area (Å²) >= 11 is 0. The van der Waals surface area contributed by atoms with Crippen LogP contribution in [0, 0.1) is 5.92 Å². The van der Waals surface area contributed by atoms with Crippen LogP contribution in [0.5, 0.6) is 0 Å². The van der Waals surface area contributed by atoms with E-state index in [0.29, 0.717) is 37.0 Å². The summed E-state index contributed by atoms with van der Waals surface area (Å²) in [6.07, 6.45) is 8.08. The molecule has 2 N–H and O–H groups in total. The zero-order chi connectivity index (χ0) is 23.7. The molecule has 3 aromatic rings. The largest absolute Gasteiger partial charge is 0.444 e. The Morgan fingerprint density at radius 3 is 2.94 bits per heavy atom. The normalized spacial score (nSPS) is 15.8. The Bertz CT molecular complexity index is 1200. The van der Waals surface area contributed by atoms with Gasteiger partial charge in [-0.05, 0) is 37.3 Å². The van der Waals surface area contributed by atoms with Gasteiger partial charge in [0.2, 0.25) is 5.89 Å². The van der Waals surface area contributed by atoms with Crippen molar-refractivity contribution in [3.8, 4) is 11.5 Å². The lowest BCUT2D eigenvalue weighted by Gasteiger charge is -2.17. The SMILES string of the molecule is CCCN1CCN(c2nn(C)cc2NC(=O)c2coc(-c3ccnc(NCC4CC4)c3)n2)C1=O. The van der Waals surface area contributed by atoms with E-state index in [0.717, 1.165) is 30.3 Å². The van der Waals surface area contributed by atoms with Crippen LogP contribution in [0.25, 0.3) is 11.5 Å². The van der Waals surface area contributed by atoms with Crippen molar-refractivity contribution in [2.45, 2.75) is 26.2 Å². The van der Waals surface area contributed by atoms with Crippen molar-refractivity contribution in [1.82, 2.24) is 24.6 Å². The molecule has 34 heavy (non-hydrogen) atoms. The molecule has 1 saturated carbocycles. The van der Waals surface area contributed by atoms with Gasteiger partial charge in [0.25, 0.3) is 5.91 Å². The van der Waals surface area contributed by atoms with Crippen molar-refractivity contribution in [3.63, 3.8) is 0 Å². The zero-order valence-electron chi connectivity index (χ0n) is 19.3. The van der Waals surface area contributed by atoms with Crippen LogP contribution in [0.15, 0.2) is 35.2 Å². The molecule has 178 valence electrons. The number of hydrogen-bond acceptors (Lipinski definition) is 7. The average Bonchev–Trinajstić information content (AvgIpc) is 3.21. The van der Waals surface area contributed by atoms with Crippen LogP contribution in [0.2, 0.25) is 0 Å². The van der Waals surface area contributed by atoms with Crippen molar-refractivity contribution in [2.75, 3.05) is 41.7 Å². The molecular weight excluding hydrogens is 436 g/mol. The Kier molecular flexibility index (Phi) is 5.91. The lowest BCUT2D eigenvalue weighted by Crippen LogP contribution is -2.33. The zero-order valence-corrected chi connectivity index (χ0v) is 19.3. The molecule has 0 atom stereocenters. The Morgan fingerprint density at radius 2 is 2.15 bits per heavy atom. The number of aryl methyl sites for hydroxylation is 1. The monoisotopic (exact) mass is 464 g/mol. The second-order valence-electron chi connectivity index (χ2n) is 8.71. The Morgan fingerprint density at radius 1 is 1.29 bits per heavy atom. The minimum atomic E-state index is -0.442. The molecule has 1 saturated heterocycles. The topological polar surface area (TPSA) is 121 Å². The standard InChI is InChI=1S/C23H28N8O3/c1-3-8-30-9-10-31(23(30)33)20-17(13-29(2)28-20)26-21(32)18-14-34-22(27-18)16-6-7-24-19(11-16)25-12-15-4-5-15/h6-7,11,13-15H,3-5,8-10,12H2,1-2H3,(H,24,25)(H,26,32). The first-order valence-corrected chi connectivity index (χ1v) is 11.6. The summed E-state index contributed by atoms with van der Waals surface area (Å²) in [5.41, 5.74) is 1.31. The first-order chi connectivity index (χ1) is 16.5. The van der Waals surface area contributed by atoms with E-state index in [1.54, 1.807) is 40.0 Å². The van der Waals surface area contributed by atoms with Gasteiger partial charge in [-0.3, -0.25) is 14.4 Å². The maximum Gasteiger partial charge on any atom is 0.325 e. The fourth-order valence-corrected chi connectivity index (χ4v) is 3.95. The van der Waals surface area contributed by atoms with Crippen molar-refractivity contribution >= 4 is 29.3 Å². The number of hydrogen-bond donors (Lipinski definition) is 2. The van der Waals surface area contributed by atoms with Gasteiger partial charge in [0.1, 0.15) is 17.8 Å². The van der Waals surface area contributed by atoms with E-state index < -0.39 is 5.91 Å². The molecule has 3 amide bonds. The quantitative estimate of drug-likeness (QED) is 0.499. The predicted octanol–water partition coefficient (Wildman–Crippen LogP) is 3.20. The number of rotatable bonds is 9. The van der Waals surface area contributed by atoms with E-state index in [1.165, 1.54) is 19.1 Å². The number of anilines is 3.